The van der Waals surface area contributed by atoms with Crippen LogP contribution >= 0.6 is 23.2 Å². The van der Waals surface area contributed by atoms with Crippen molar-refractivity contribution < 1.29 is 13.2 Å². The van der Waals surface area contributed by atoms with E-state index in [0.29, 0.717) is 21.3 Å². The van der Waals surface area contributed by atoms with E-state index < -0.39 is 15.9 Å². The van der Waals surface area contributed by atoms with Crippen LogP contribution in [0.3, 0.4) is 0 Å². The molecule has 0 saturated carbocycles. The normalized spacial score (nSPS) is 11.5. The van der Waals surface area contributed by atoms with Gasteiger partial charge in [-0.15, -0.1) is 0 Å². The maximum atomic E-state index is 12.2. The Balaban J connectivity index is 2.17. The number of anilines is 1. The highest BCUT2D eigenvalue weighted by Crippen LogP contribution is 2.23. The van der Waals surface area contributed by atoms with Crippen molar-refractivity contribution in [1.29, 1.82) is 0 Å². The highest BCUT2D eigenvalue weighted by Gasteiger charge is 2.16. The van der Waals surface area contributed by atoms with Gasteiger partial charge in [-0.1, -0.05) is 23.2 Å². The lowest BCUT2D eigenvalue weighted by atomic mass is 10.2. The van der Waals surface area contributed by atoms with Crippen LogP contribution in [0.25, 0.3) is 0 Å². The summed E-state index contributed by atoms with van der Waals surface area (Å²) in [5, 5.41) is 3.46. The van der Waals surface area contributed by atoms with Crippen molar-refractivity contribution in [1.82, 2.24) is 4.72 Å². The summed E-state index contributed by atoms with van der Waals surface area (Å²) in [4.78, 5) is 12.3. The molecule has 0 unspecified atom stereocenters. The van der Waals surface area contributed by atoms with Crippen molar-refractivity contribution in [2.45, 2.75) is 24.8 Å². The van der Waals surface area contributed by atoms with Crippen molar-refractivity contribution in [3.8, 4) is 0 Å². The van der Waals surface area contributed by atoms with E-state index in [1.54, 1.807) is 32.0 Å². The van der Waals surface area contributed by atoms with Gasteiger partial charge in [0.15, 0.2) is 0 Å². The SMILES string of the molecule is CC(C)NS(=O)(=O)c1ccc(C(=O)Nc2cc(Cl)cc(Cl)c2)cc1. The number of sulfonamides is 1. The van der Waals surface area contributed by atoms with Crippen LogP contribution in [0.15, 0.2) is 47.4 Å². The van der Waals surface area contributed by atoms with E-state index in [1.165, 1.54) is 24.3 Å². The summed E-state index contributed by atoms with van der Waals surface area (Å²) in [6.07, 6.45) is 0. The zero-order chi connectivity index (χ0) is 17.9. The number of halogens is 2. The van der Waals surface area contributed by atoms with Crippen LogP contribution in [0, 0.1) is 0 Å². The zero-order valence-electron chi connectivity index (χ0n) is 13.0. The molecule has 128 valence electrons. The lowest BCUT2D eigenvalue weighted by molar-refractivity contribution is 0.102. The molecule has 2 rings (SSSR count). The Morgan fingerprint density at radius 2 is 1.54 bits per heavy atom. The minimum Gasteiger partial charge on any atom is -0.322 e. The Bertz CT molecular complexity index is 830. The Morgan fingerprint density at radius 3 is 2.04 bits per heavy atom. The molecule has 1 amide bonds. The molecular weight excluding hydrogens is 371 g/mol. The standard InChI is InChI=1S/C16H16Cl2N2O3S/c1-10(2)20-24(22,23)15-5-3-11(4-6-15)16(21)19-14-8-12(17)7-13(18)9-14/h3-10,20H,1-2H3,(H,19,21). The molecule has 0 atom stereocenters. The topological polar surface area (TPSA) is 75.3 Å². The minimum atomic E-state index is -3.59. The summed E-state index contributed by atoms with van der Waals surface area (Å²) in [6.45, 7) is 3.46. The number of carbonyl (C=O) groups is 1. The third-order valence-corrected chi connectivity index (χ3v) is 5.05. The van der Waals surface area contributed by atoms with Gasteiger partial charge in [-0.25, -0.2) is 13.1 Å². The lowest BCUT2D eigenvalue weighted by Gasteiger charge is -2.10. The van der Waals surface area contributed by atoms with Gasteiger partial charge in [-0.2, -0.15) is 0 Å². The highest BCUT2D eigenvalue weighted by molar-refractivity contribution is 7.89. The predicted octanol–water partition coefficient (Wildman–Crippen LogP) is 3.93. The predicted molar refractivity (Wildman–Crippen MR) is 96.3 cm³/mol. The first-order valence-electron chi connectivity index (χ1n) is 7.07. The van der Waals surface area contributed by atoms with E-state index in [2.05, 4.69) is 10.0 Å². The first-order valence-corrected chi connectivity index (χ1v) is 9.31. The fourth-order valence-electron chi connectivity index (χ4n) is 1.99. The first-order chi connectivity index (χ1) is 11.2. The van der Waals surface area contributed by atoms with Crippen LogP contribution in [-0.2, 0) is 10.0 Å². The van der Waals surface area contributed by atoms with Gasteiger partial charge in [0, 0.05) is 27.3 Å². The summed E-state index contributed by atoms with van der Waals surface area (Å²) in [7, 11) is -3.59. The third-order valence-electron chi connectivity index (χ3n) is 2.94. The number of carbonyl (C=O) groups excluding carboxylic acids is 1. The van der Waals surface area contributed by atoms with E-state index in [-0.39, 0.29) is 10.9 Å². The number of hydrogen-bond acceptors (Lipinski definition) is 3. The monoisotopic (exact) mass is 386 g/mol. The molecule has 0 aliphatic heterocycles. The molecule has 0 spiro atoms. The average molecular weight is 387 g/mol. The van der Waals surface area contributed by atoms with Crippen LogP contribution in [0.2, 0.25) is 10.0 Å². The molecule has 24 heavy (non-hydrogen) atoms. The average Bonchev–Trinajstić information content (AvgIpc) is 2.45. The fourth-order valence-corrected chi connectivity index (χ4v) is 3.77. The summed E-state index contributed by atoms with van der Waals surface area (Å²) < 4.78 is 26.6. The molecule has 0 saturated heterocycles. The van der Waals surface area contributed by atoms with E-state index in [4.69, 9.17) is 23.2 Å². The summed E-state index contributed by atoms with van der Waals surface area (Å²) in [6, 6.07) is 10.1. The van der Waals surface area contributed by atoms with Crippen LogP contribution in [0.4, 0.5) is 5.69 Å². The van der Waals surface area contributed by atoms with Gasteiger partial charge in [0.2, 0.25) is 10.0 Å². The van der Waals surface area contributed by atoms with Gasteiger partial charge in [0.1, 0.15) is 0 Å². The Labute approximate surface area is 151 Å². The van der Waals surface area contributed by atoms with Crippen LogP contribution in [0.5, 0.6) is 0 Å². The Morgan fingerprint density at radius 1 is 1.00 bits per heavy atom. The molecule has 0 aliphatic rings. The summed E-state index contributed by atoms with van der Waals surface area (Å²) in [5.74, 6) is -0.394. The van der Waals surface area contributed by atoms with E-state index in [0.717, 1.165) is 0 Å². The van der Waals surface area contributed by atoms with Crippen molar-refractivity contribution in [3.05, 3.63) is 58.1 Å². The molecule has 0 aliphatic carbocycles. The second-order valence-corrected chi connectivity index (χ2v) is 8.00. The van der Waals surface area contributed by atoms with Gasteiger partial charge < -0.3 is 5.32 Å². The van der Waals surface area contributed by atoms with Crippen molar-refractivity contribution >= 4 is 44.8 Å². The molecule has 0 bridgehead atoms. The maximum Gasteiger partial charge on any atom is 0.255 e. The lowest BCUT2D eigenvalue weighted by Crippen LogP contribution is -2.30. The number of nitrogens with one attached hydrogen (secondary N) is 2. The smallest absolute Gasteiger partial charge is 0.255 e. The molecule has 0 heterocycles. The molecular formula is C16H16Cl2N2O3S. The first kappa shape index (κ1) is 18.7. The number of hydrogen-bond donors (Lipinski definition) is 2. The number of benzene rings is 2. The molecule has 2 N–H and O–H groups in total. The number of amides is 1. The van der Waals surface area contributed by atoms with Gasteiger partial charge in [0.05, 0.1) is 4.90 Å². The van der Waals surface area contributed by atoms with E-state index >= 15 is 0 Å². The maximum absolute atomic E-state index is 12.2. The largest absolute Gasteiger partial charge is 0.322 e. The van der Waals surface area contributed by atoms with Crippen molar-refractivity contribution in [2.75, 3.05) is 5.32 Å². The molecule has 0 radical (unpaired) electrons. The quantitative estimate of drug-likeness (QED) is 0.816. The summed E-state index contributed by atoms with van der Waals surface area (Å²) >= 11 is 11.8. The van der Waals surface area contributed by atoms with E-state index in [1.807, 2.05) is 0 Å². The van der Waals surface area contributed by atoms with E-state index in [9.17, 15) is 13.2 Å². The molecule has 0 aromatic heterocycles. The minimum absolute atomic E-state index is 0.0959. The molecule has 5 nitrogen and oxygen atoms in total. The molecule has 2 aromatic rings. The van der Waals surface area contributed by atoms with Gasteiger partial charge in [0.25, 0.3) is 5.91 Å². The fraction of sp³-hybridized carbons (Fsp3) is 0.188. The van der Waals surface area contributed by atoms with Crippen LogP contribution in [0.1, 0.15) is 24.2 Å². The molecule has 8 heteroatoms. The van der Waals surface area contributed by atoms with Crippen LogP contribution < -0.4 is 10.0 Å². The molecule has 2 aromatic carbocycles. The second kappa shape index (κ2) is 7.53. The van der Waals surface area contributed by atoms with Gasteiger partial charge in [-0.3, -0.25) is 4.79 Å². The third kappa shape index (κ3) is 4.95. The van der Waals surface area contributed by atoms with Crippen molar-refractivity contribution in [2.24, 2.45) is 0 Å². The number of rotatable bonds is 5. The summed E-state index contributed by atoms with van der Waals surface area (Å²) in [5.41, 5.74) is 0.769. The zero-order valence-corrected chi connectivity index (χ0v) is 15.3. The van der Waals surface area contributed by atoms with Gasteiger partial charge in [-0.05, 0) is 56.3 Å². The second-order valence-electron chi connectivity index (χ2n) is 5.41. The van der Waals surface area contributed by atoms with Crippen LogP contribution in [-0.4, -0.2) is 20.4 Å². The molecule has 0 fully saturated rings. The Kier molecular flexibility index (Phi) is 5.87. The van der Waals surface area contributed by atoms with Gasteiger partial charge >= 0.3 is 0 Å². The Hall–Kier alpha value is -1.60. The highest BCUT2D eigenvalue weighted by atomic mass is 35.5. The van der Waals surface area contributed by atoms with Crippen molar-refractivity contribution in [3.63, 3.8) is 0 Å².